The van der Waals surface area contributed by atoms with E-state index in [9.17, 15) is 9.59 Å². The Balaban J connectivity index is 1.64. The second kappa shape index (κ2) is 8.07. The van der Waals surface area contributed by atoms with Crippen LogP contribution >= 0.6 is 23.2 Å². The van der Waals surface area contributed by atoms with Crippen LogP contribution in [0.15, 0.2) is 42.7 Å². The number of fused-ring (bicyclic) bond motifs is 1. The van der Waals surface area contributed by atoms with Crippen molar-refractivity contribution in [2.75, 3.05) is 6.54 Å². The molecular formula is C20H20Cl2N4O2. The molecule has 2 fully saturated rings. The van der Waals surface area contributed by atoms with Crippen molar-refractivity contribution in [3.05, 3.63) is 63.9 Å². The van der Waals surface area contributed by atoms with Crippen molar-refractivity contribution in [3.8, 4) is 0 Å². The van der Waals surface area contributed by atoms with E-state index < -0.39 is 6.04 Å². The van der Waals surface area contributed by atoms with Crippen LogP contribution in [0.25, 0.3) is 0 Å². The summed E-state index contributed by atoms with van der Waals surface area (Å²) in [6, 6.07) is 8.00. The zero-order valence-electron chi connectivity index (χ0n) is 15.1. The van der Waals surface area contributed by atoms with Crippen molar-refractivity contribution < 1.29 is 9.59 Å². The summed E-state index contributed by atoms with van der Waals surface area (Å²) >= 11 is 12.3. The highest BCUT2D eigenvalue weighted by Crippen LogP contribution is 2.30. The zero-order valence-corrected chi connectivity index (χ0v) is 16.7. The number of pyridine rings is 1. The van der Waals surface area contributed by atoms with Crippen LogP contribution < -0.4 is 5.32 Å². The minimum atomic E-state index is -0.408. The van der Waals surface area contributed by atoms with Crippen molar-refractivity contribution in [3.63, 3.8) is 0 Å². The molecule has 0 spiro atoms. The molecule has 2 aliphatic rings. The first kappa shape index (κ1) is 19.2. The zero-order chi connectivity index (χ0) is 19.7. The minimum Gasteiger partial charge on any atom is -0.315 e. The molecule has 4 rings (SSSR count). The molecule has 1 aromatic carbocycles. The van der Waals surface area contributed by atoms with E-state index in [1.54, 1.807) is 35.5 Å². The van der Waals surface area contributed by atoms with Crippen molar-refractivity contribution in [2.45, 2.75) is 38.0 Å². The molecule has 2 unspecified atom stereocenters. The molecule has 2 atom stereocenters. The summed E-state index contributed by atoms with van der Waals surface area (Å²) in [5.41, 5.74) is 1.61. The highest BCUT2D eigenvalue weighted by molar-refractivity contribution is 6.35. The maximum atomic E-state index is 13.3. The van der Waals surface area contributed by atoms with Gasteiger partial charge in [-0.05, 0) is 48.7 Å². The second-order valence-electron chi connectivity index (χ2n) is 7.07. The minimum absolute atomic E-state index is 0.183. The summed E-state index contributed by atoms with van der Waals surface area (Å²) in [5, 5.41) is 4.35. The van der Waals surface area contributed by atoms with Crippen molar-refractivity contribution in [2.24, 2.45) is 0 Å². The van der Waals surface area contributed by atoms with E-state index in [1.807, 2.05) is 12.1 Å². The third kappa shape index (κ3) is 3.72. The number of urea groups is 1. The van der Waals surface area contributed by atoms with Crippen LogP contribution in [-0.2, 0) is 17.9 Å². The topological polar surface area (TPSA) is 65.5 Å². The number of amides is 3. The number of nitrogens with zero attached hydrogens (tertiary/aromatic N) is 3. The van der Waals surface area contributed by atoms with Crippen molar-refractivity contribution in [1.82, 2.24) is 20.1 Å². The number of hydrogen-bond acceptors (Lipinski definition) is 4. The Morgan fingerprint density at radius 1 is 1.18 bits per heavy atom. The SMILES string of the molecule is O=C1C2NCCCC2N(Cc2ccc(Cl)cc2Cl)C(=O)N1Cc1cccnc1. The number of carbonyl (C=O) groups is 2. The molecule has 0 radical (unpaired) electrons. The van der Waals surface area contributed by atoms with Gasteiger partial charge in [0.25, 0.3) is 0 Å². The monoisotopic (exact) mass is 418 g/mol. The molecule has 1 N–H and O–H groups in total. The van der Waals surface area contributed by atoms with Crippen LogP contribution in [0.3, 0.4) is 0 Å². The van der Waals surface area contributed by atoms with Gasteiger partial charge >= 0.3 is 6.03 Å². The molecule has 146 valence electrons. The number of piperidine rings is 1. The molecule has 1 aromatic heterocycles. The molecule has 2 aromatic rings. The number of halogens is 2. The molecule has 0 bridgehead atoms. The number of carbonyl (C=O) groups excluding carboxylic acids is 2. The Hall–Kier alpha value is -2.15. The summed E-state index contributed by atoms with van der Waals surface area (Å²) in [5.74, 6) is -0.183. The Morgan fingerprint density at radius 3 is 2.79 bits per heavy atom. The molecule has 0 saturated carbocycles. The van der Waals surface area contributed by atoms with Gasteiger partial charge in [-0.15, -0.1) is 0 Å². The Morgan fingerprint density at radius 2 is 2.04 bits per heavy atom. The number of aromatic nitrogens is 1. The van der Waals surface area contributed by atoms with Gasteiger partial charge in [-0.1, -0.05) is 35.3 Å². The lowest BCUT2D eigenvalue weighted by Crippen LogP contribution is -2.68. The van der Waals surface area contributed by atoms with E-state index in [0.717, 1.165) is 30.5 Å². The molecule has 3 heterocycles. The smallest absolute Gasteiger partial charge is 0.315 e. The van der Waals surface area contributed by atoms with Gasteiger partial charge in [0.05, 0.1) is 12.6 Å². The average Bonchev–Trinajstić information content (AvgIpc) is 2.71. The summed E-state index contributed by atoms with van der Waals surface area (Å²) in [4.78, 5) is 33.5. The van der Waals surface area contributed by atoms with E-state index in [0.29, 0.717) is 16.6 Å². The van der Waals surface area contributed by atoms with Crippen molar-refractivity contribution in [1.29, 1.82) is 0 Å². The van der Waals surface area contributed by atoms with Crippen LogP contribution in [0.1, 0.15) is 24.0 Å². The predicted octanol–water partition coefficient (Wildman–Crippen LogP) is 3.47. The standard InChI is InChI=1S/C20H20Cl2N4O2/c21-15-6-5-14(16(22)9-15)12-25-17-4-2-8-24-18(17)19(27)26(20(25)28)11-13-3-1-7-23-10-13/h1,3,5-7,9-10,17-18,24H,2,4,8,11-12H2. The van der Waals surface area contributed by atoms with Crippen molar-refractivity contribution >= 4 is 35.1 Å². The van der Waals surface area contributed by atoms with E-state index >= 15 is 0 Å². The van der Waals surface area contributed by atoms with E-state index in [-0.39, 0.29) is 24.5 Å². The van der Waals surface area contributed by atoms with Gasteiger partial charge in [-0.2, -0.15) is 0 Å². The highest BCUT2D eigenvalue weighted by atomic mass is 35.5. The lowest BCUT2D eigenvalue weighted by Gasteiger charge is -2.47. The third-order valence-corrected chi connectivity index (χ3v) is 5.84. The van der Waals surface area contributed by atoms with Crippen LogP contribution in [0.4, 0.5) is 4.79 Å². The van der Waals surface area contributed by atoms with Crippen LogP contribution in [0.5, 0.6) is 0 Å². The quantitative estimate of drug-likeness (QED) is 0.825. The molecular weight excluding hydrogens is 399 g/mol. The first-order valence-electron chi connectivity index (χ1n) is 9.23. The fourth-order valence-corrected chi connectivity index (χ4v) is 4.32. The maximum absolute atomic E-state index is 13.3. The summed E-state index contributed by atoms with van der Waals surface area (Å²) in [6.45, 7) is 1.28. The van der Waals surface area contributed by atoms with Gasteiger partial charge in [0, 0.05) is 29.0 Å². The first-order valence-corrected chi connectivity index (χ1v) is 9.98. The molecule has 2 aliphatic heterocycles. The van der Waals surface area contributed by atoms with Gasteiger partial charge in [-0.25, -0.2) is 4.79 Å². The highest BCUT2D eigenvalue weighted by Gasteiger charge is 2.47. The van der Waals surface area contributed by atoms with Gasteiger partial charge in [-0.3, -0.25) is 14.7 Å². The van der Waals surface area contributed by atoms with Gasteiger partial charge in [0.15, 0.2) is 0 Å². The van der Waals surface area contributed by atoms with Gasteiger partial charge < -0.3 is 10.2 Å². The molecule has 28 heavy (non-hydrogen) atoms. The Labute approximate surface area is 173 Å². The van der Waals surface area contributed by atoms with E-state index in [1.165, 1.54) is 4.90 Å². The van der Waals surface area contributed by atoms with Gasteiger partial charge in [0.1, 0.15) is 6.04 Å². The molecule has 0 aliphatic carbocycles. The average molecular weight is 419 g/mol. The number of nitrogens with one attached hydrogen (secondary N) is 1. The normalized spacial score (nSPS) is 22.4. The lowest BCUT2D eigenvalue weighted by atomic mass is 9.93. The number of imide groups is 1. The number of rotatable bonds is 4. The molecule has 3 amide bonds. The fourth-order valence-electron chi connectivity index (χ4n) is 3.86. The largest absolute Gasteiger partial charge is 0.327 e. The summed E-state index contributed by atoms with van der Waals surface area (Å²) in [6.07, 6.45) is 5.02. The summed E-state index contributed by atoms with van der Waals surface area (Å²) < 4.78 is 0. The van der Waals surface area contributed by atoms with Gasteiger partial charge in [0.2, 0.25) is 5.91 Å². The van der Waals surface area contributed by atoms with Crippen LogP contribution in [0, 0.1) is 0 Å². The number of benzene rings is 1. The predicted molar refractivity (Wildman–Crippen MR) is 107 cm³/mol. The fraction of sp³-hybridized carbons (Fsp3) is 0.350. The van der Waals surface area contributed by atoms with Crippen LogP contribution in [-0.4, -0.2) is 45.4 Å². The molecule has 6 nitrogen and oxygen atoms in total. The maximum Gasteiger partial charge on any atom is 0.327 e. The van der Waals surface area contributed by atoms with Crippen LogP contribution in [0.2, 0.25) is 10.0 Å². The first-order chi connectivity index (χ1) is 13.5. The van der Waals surface area contributed by atoms with E-state index in [4.69, 9.17) is 23.2 Å². The Kier molecular flexibility index (Phi) is 5.53. The lowest BCUT2D eigenvalue weighted by molar-refractivity contribution is -0.137. The molecule has 2 saturated heterocycles. The Bertz CT molecular complexity index is 893. The second-order valence-corrected chi connectivity index (χ2v) is 7.92. The summed E-state index contributed by atoms with van der Waals surface area (Å²) in [7, 11) is 0. The molecule has 8 heteroatoms. The third-order valence-electron chi connectivity index (χ3n) is 5.25. The number of hydrogen-bond donors (Lipinski definition) is 1. The van der Waals surface area contributed by atoms with E-state index in [2.05, 4.69) is 10.3 Å².